The maximum atomic E-state index is 11.5. The average molecular weight is 259 g/mol. The van der Waals surface area contributed by atoms with E-state index < -0.39 is 0 Å². The quantitative estimate of drug-likeness (QED) is 0.844. The molecule has 0 aliphatic heterocycles. The van der Waals surface area contributed by atoms with Gasteiger partial charge in [-0.15, -0.1) is 0 Å². The Hall–Kier alpha value is -0.870. The molecule has 0 saturated carbocycles. The summed E-state index contributed by atoms with van der Waals surface area (Å²) in [5.41, 5.74) is 0.330. The van der Waals surface area contributed by atoms with Gasteiger partial charge in [-0.3, -0.25) is 4.79 Å². The van der Waals surface area contributed by atoms with E-state index in [1.165, 1.54) is 13.2 Å². The van der Waals surface area contributed by atoms with Crippen LogP contribution in [-0.2, 0) is 4.74 Å². The molecule has 4 heteroatoms. The number of phenols is 1. The number of Topliss-reactive ketones (excluding diaryl/α,β-unsaturated/α-hetero) is 1. The molecule has 0 aliphatic carbocycles. The largest absolute Gasteiger partial charge is 0.507 e. The second-order valence-corrected chi connectivity index (χ2v) is 3.74. The Morgan fingerprint density at radius 3 is 2.93 bits per heavy atom. The minimum Gasteiger partial charge on any atom is -0.507 e. The average Bonchev–Trinajstić information content (AvgIpc) is 2.18. The number of rotatable bonds is 4. The maximum Gasteiger partial charge on any atom is 0.168 e. The number of halogens is 1. The number of ketones is 1. The van der Waals surface area contributed by atoms with Gasteiger partial charge < -0.3 is 9.84 Å². The molecule has 0 fully saturated rings. The van der Waals surface area contributed by atoms with E-state index in [4.69, 9.17) is 4.74 Å². The van der Waals surface area contributed by atoms with Crippen LogP contribution in [0, 0.1) is 0 Å². The summed E-state index contributed by atoms with van der Waals surface area (Å²) in [5.74, 6) is -0.111. The third-order valence-electron chi connectivity index (χ3n) is 1.79. The van der Waals surface area contributed by atoms with Crippen LogP contribution in [0.2, 0.25) is 0 Å². The van der Waals surface area contributed by atoms with Gasteiger partial charge in [0.1, 0.15) is 5.75 Å². The number of methoxy groups -OCH3 is 1. The van der Waals surface area contributed by atoms with Crippen molar-refractivity contribution >= 4 is 21.7 Å². The first kappa shape index (κ1) is 11.2. The van der Waals surface area contributed by atoms with Gasteiger partial charge in [0, 0.05) is 18.0 Å². The van der Waals surface area contributed by atoms with Gasteiger partial charge in [-0.1, -0.05) is 15.9 Å². The fourth-order valence-corrected chi connectivity index (χ4v) is 1.42. The first-order chi connectivity index (χ1) is 6.65. The molecular weight excluding hydrogens is 248 g/mol. The molecule has 1 rings (SSSR count). The minimum absolute atomic E-state index is 0.00861. The van der Waals surface area contributed by atoms with Crippen molar-refractivity contribution in [3.8, 4) is 5.75 Å². The fraction of sp³-hybridized carbons (Fsp3) is 0.300. The molecule has 76 valence electrons. The summed E-state index contributed by atoms with van der Waals surface area (Å²) in [6, 6.07) is 4.78. The number of carbonyl (C=O) groups is 1. The summed E-state index contributed by atoms with van der Waals surface area (Å²) in [6.07, 6.45) is 0.278. The van der Waals surface area contributed by atoms with Crippen LogP contribution in [0.5, 0.6) is 5.75 Å². The number of hydrogen-bond donors (Lipinski definition) is 1. The van der Waals surface area contributed by atoms with Crippen molar-refractivity contribution in [2.75, 3.05) is 13.7 Å². The highest BCUT2D eigenvalue weighted by Crippen LogP contribution is 2.22. The lowest BCUT2D eigenvalue weighted by atomic mass is 10.1. The molecule has 0 saturated heterocycles. The monoisotopic (exact) mass is 258 g/mol. The van der Waals surface area contributed by atoms with E-state index in [9.17, 15) is 9.90 Å². The summed E-state index contributed by atoms with van der Waals surface area (Å²) < 4.78 is 5.56. The molecule has 0 aliphatic rings. The van der Waals surface area contributed by atoms with E-state index in [1.54, 1.807) is 12.1 Å². The molecule has 0 aromatic heterocycles. The van der Waals surface area contributed by atoms with Crippen molar-refractivity contribution in [1.29, 1.82) is 0 Å². The summed E-state index contributed by atoms with van der Waals surface area (Å²) >= 11 is 3.24. The Balaban J connectivity index is 2.83. The van der Waals surface area contributed by atoms with Gasteiger partial charge in [0.15, 0.2) is 5.78 Å². The molecule has 0 heterocycles. The van der Waals surface area contributed by atoms with Crippen LogP contribution in [0.15, 0.2) is 22.7 Å². The molecule has 0 bridgehead atoms. The van der Waals surface area contributed by atoms with Gasteiger partial charge in [0.05, 0.1) is 12.2 Å². The van der Waals surface area contributed by atoms with Crippen LogP contribution in [0.25, 0.3) is 0 Å². The van der Waals surface area contributed by atoms with Crippen LogP contribution < -0.4 is 0 Å². The molecular formula is C10H11BrO3. The van der Waals surface area contributed by atoms with Crippen molar-refractivity contribution in [2.45, 2.75) is 6.42 Å². The predicted molar refractivity (Wildman–Crippen MR) is 56.6 cm³/mol. The number of benzene rings is 1. The van der Waals surface area contributed by atoms with Crippen molar-refractivity contribution in [3.63, 3.8) is 0 Å². The number of phenolic OH excluding ortho intramolecular Hbond substituents is 1. The standard InChI is InChI=1S/C10H11BrO3/c1-14-5-4-10(13)8-6-7(11)2-3-9(8)12/h2-3,6,12H,4-5H2,1H3. The van der Waals surface area contributed by atoms with Crippen LogP contribution >= 0.6 is 15.9 Å². The molecule has 1 N–H and O–H groups in total. The SMILES string of the molecule is COCCC(=O)c1cc(Br)ccc1O. The summed E-state index contributed by atoms with van der Waals surface area (Å²) in [4.78, 5) is 11.5. The summed E-state index contributed by atoms with van der Waals surface area (Å²) in [5, 5.41) is 9.42. The zero-order valence-electron chi connectivity index (χ0n) is 7.79. The Bertz CT molecular complexity index is 336. The number of carbonyl (C=O) groups excluding carboxylic acids is 1. The second kappa shape index (κ2) is 5.12. The minimum atomic E-state index is -0.120. The fourth-order valence-electron chi connectivity index (χ4n) is 1.06. The van der Waals surface area contributed by atoms with Gasteiger partial charge in [-0.25, -0.2) is 0 Å². The zero-order chi connectivity index (χ0) is 10.6. The van der Waals surface area contributed by atoms with E-state index in [1.807, 2.05) is 0 Å². The lowest BCUT2D eigenvalue weighted by molar-refractivity contribution is 0.0929. The smallest absolute Gasteiger partial charge is 0.168 e. The van der Waals surface area contributed by atoms with Crippen LogP contribution in [0.4, 0.5) is 0 Å². The highest BCUT2D eigenvalue weighted by Gasteiger charge is 2.10. The number of aromatic hydroxyl groups is 1. The van der Waals surface area contributed by atoms with E-state index in [0.717, 1.165) is 4.47 Å². The maximum absolute atomic E-state index is 11.5. The number of hydrogen-bond acceptors (Lipinski definition) is 3. The molecule has 3 nitrogen and oxygen atoms in total. The summed E-state index contributed by atoms with van der Waals surface area (Å²) in [7, 11) is 1.54. The third-order valence-corrected chi connectivity index (χ3v) is 2.29. The molecule has 1 aromatic rings. The Morgan fingerprint density at radius 1 is 1.57 bits per heavy atom. The van der Waals surface area contributed by atoms with Crippen LogP contribution in [0.1, 0.15) is 16.8 Å². The van der Waals surface area contributed by atoms with E-state index in [2.05, 4.69) is 15.9 Å². The number of ether oxygens (including phenoxy) is 1. The van der Waals surface area contributed by atoms with Gasteiger partial charge in [-0.2, -0.15) is 0 Å². The van der Waals surface area contributed by atoms with E-state index in [0.29, 0.717) is 12.2 Å². The molecule has 0 radical (unpaired) electrons. The summed E-state index contributed by atoms with van der Waals surface area (Å²) in [6.45, 7) is 0.366. The molecule has 0 unspecified atom stereocenters. The van der Waals surface area contributed by atoms with Gasteiger partial charge in [-0.05, 0) is 18.2 Å². The van der Waals surface area contributed by atoms with Gasteiger partial charge in [0.2, 0.25) is 0 Å². The lowest BCUT2D eigenvalue weighted by Crippen LogP contribution is -2.03. The highest BCUT2D eigenvalue weighted by molar-refractivity contribution is 9.10. The molecule has 0 atom stereocenters. The second-order valence-electron chi connectivity index (χ2n) is 2.83. The van der Waals surface area contributed by atoms with Crippen LogP contribution in [0.3, 0.4) is 0 Å². The van der Waals surface area contributed by atoms with Gasteiger partial charge >= 0.3 is 0 Å². The third kappa shape index (κ3) is 2.82. The molecule has 0 spiro atoms. The lowest BCUT2D eigenvalue weighted by Gasteiger charge is -2.03. The normalized spacial score (nSPS) is 10.1. The first-order valence-electron chi connectivity index (χ1n) is 4.16. The Kier molecular flexibility index (Phi) is 4.10. The van der Waals surface area contributed by atoms with E-state index >= 15 is 0 Å². The van der Waals surface area contributed by atoms with Gasteiger partial charge in [0.25, 0.3) is 0 Å². The molecule has 14 heavy (non-hydrogen) atoms. The van der Waals surface area contributed by atoms with E-state index in [-0.39, 0.29) is 18.0 Å². The Labute approximate surface area is 90.8 Å². The molecule has 1 aromatic carbocycles. The Morgan fingerprint density at radius 2 is 2.29 bits per heavy atom. The topological polar surface area (TPSA) is 46.5 Å². The zero-order valence-corrected chi connectivity index (χ0v) is 9.37. The van der Waals surface area contributed by atoms with Crippen molar-refractivity contribution in [1.82, 2.24) is 0 Å². The highest BCUT2D eigenvalue weighted by atomic mass is 79.9. The van der Waals surface area contributed by atoms with Crippen molar-refractivity contribution < 1.29 is 14.6 Å². The van der Waals surface area contributed by atoms with Crippen molar-refractivity contribution in [2.24, 2.45) is 0 Å². The van der Waals surface area contributed by atoms with Crippen molar-refractivity contribution in [3.05, 3.63) is 28.2 Å². The van der Waals surface area contributed by atoms with Crippen LogP contribution in [-0.4, -0.2) is 24.6 Å². The predicted octanol–water partition coefficient (Wildman–Crippen LogP) is 2.37. The first-order valence-corrected chi connectivity index (χ1v) is 4.95. The molecule has 0 amide bonds.